The molecule has 10 nitrogen and oxygen atoms in total. The van der Waals surface area contributed by atoms with Crippen LogP contribution in [-0.2, 0) is 11.3 Å². The first kappa shape index (κ1) is 24.9. The lowest BCUT2D eigenvalue weighted by Gasteiger charge is -2.30. The lowest BCUT2D eigenvalue weighted by Crippen LogP contribution is -2.52. The van der Waals surface area contributed by atoms with E-state index in [0.717, 1.165) is 11.3 Å². The summed E-state index contributed by atoms with van der Waals surface area (Å²) in [6.07, 6.45) is 1.99. The van der Waals surface area contributed by atoms with Gasteiger partial charge in [0.15, 0.2) is 5.69 Å². The van der Waals surface area contributed by atoms with Crippen LogP contribution in [0.4, 0.5) is 11.5 Å². The summed E-state index contributed by atoms with van der Waals surface area (Å²) in [5, 5.41) is 0. The summed E-state index contributed by atoms with van der Waals surface area (Å²) < 4.78 is 1.24. The maximum atomic E-state index is 13.7. The SMILES string of the molecule is CCCCn1c(N)c(N(CCC(C)C)C(=O)[C@@H](C)N2C(=O)c3ccccc3C2=O)c(=O)[nH]c1=O. The first-order valence-electron chi connectivity index (χ1n) is 11.5. The van der Waals surface area contributed by atoms with Crippen molar-refractivity contribution in [3.05, 3.63) is 56.2 Å². The van der Waals surface area contributed by atoms with Crippen molar-refractivity contribution in [1.82, 2.24) is 14.5 Å². The van der Waals surface area contributed by atoms with E-state index in [2.05, 4.69) is 4.98 Å². The normalized spacial score (nSPS) is 14.0. The van der Waals surface area contributed by atoms with Crippen molar-refractivity contribution in [2.45, 2.75) is 59.5 Å². The second kappa shape index (κ2) is 10.1. The quantitative estimate of drug-likeness (QED) is 0.539. The van der Waals surface area contributed by atoms with Crippen molar-refractivity contribution >= 4 is 29.2 Å². The molecule has 0 unspecified atom stereocenters. The number of anilines is 2. The number of nitrogens with one attached hydrogen (secondary N) is 1. The monoisotopic (exact) mass is 469 g/mol. The van der Waals surface area contributed by atoms with E-state index >= 15 is 0 Å². The Kier molecular flexibility index (Phi) is 7.38. The Hall–Kier alpha value is -3.69. The second-order valence-electron chi connectivity index (χ2n) is 8.87. The molecular weight excluding hydrogens is 438 g/mol. The highest BCUT2D eigenvalue weighted by atomic mass is 16.2. The highest BCUT2D eigenvalue weighted by molar-refractivity contribution is 6.23. The summed E-state index contributed by atoms with van der Waals surface area (Å²) in [6.45, 7) is 7.74. The summed E-state index contributed by atoms with van der Waals surface area (Å²) in [5.41, 5.74) is 5.12. The van der Waals surface area contributed by atoms with Gasteiger partial charge in [0.1, 0.15) is 11.9 Å². The Balaban J connectivity index is 2.05. The van der Waals surface area contributed by atoms with Crippen LogP contribution in [0.3, 0.4) is 0 Å². The zero-order valence-electron chi connectivity index (χ0n) is 20.0. The molecule has 0 bridgehead atoms. The first-order valence-corrected chi connectivity index (χ1v) is 11.5. The minimum atomic E-state index is -1.19. The van der Waals surface area contributed by atoms with E-state index in [1.807, 2.05) is 20.8 Å². The van der Waals surface area contributed by atoms with Gasteiger partial charge in [0, 0.05) is 13.1 Å². The molecule has 0 fully saturated rings. The van der Waals surface area contributed by atoms with Gasteiger partial charge in [-0.2, -0.15) is 0 Å². The van der Waals surface area contributed by atoms with E-state index in [4.69, 9.17) is 5.73 Å². The van der Waals surface area contributed by atoms with Crippen LogP contribution in [0.2, 0.25) is 0 Å². The van der Waals surface area contributed by atoms with Crippen LogP contribution >= 0.6 is 0 Å². The van der Waals surface area contributed by atoms with Crippen molar-refractivity contribution in [1.29, 1.82) is 0 Å². The second-order valence-corrected chi connectivity index (χ2v) is 8.87. The molecule has 0 aliphatic carbocycles. The molecule has 3 amide bonds. The average Bonchev–Trinajstić information content (AvgIpc) is 3.04. The fourth-order valence-electron chi connectivity index (χ4n) is 3.99. The van der Waals surface area contributed by atoms with Gasteiger partial charge >= 0.3 is 5.69 Å². The Morgan fingerprint density at radius 3 is 2.18 bits per heavy atom. The van der Waals surface area contributed by atoms with Gasteiger partial charge in [-0.3, -0.25) is 33.6 Å². The number of hydrogen-bond donors (Lipinski definition) is 2. The fourth-order valence-corrected chi connectivity index (χ4v) is 3.99. The molecule has 1 atom stereocenters. The highest BCUT2D eigenvalue weighted by Crippen LogP contribution is 2.27. The number of nitrogens with zero attached hydrogens (tertiary/aromatic N) is 3. The number of unbranched alkanes of at least 4 members (excludes halogenated alkanes) is 1. The van der Waals surface area contributed by atoms with Crippen LogP contribution in [-0.4, -0.2) is 44.8 Å². The van der Waals surface area contributed by atoms with Gasteiger partial charge in [-0.1, -0.05) is 39.3 Å². The molecule has 3 N–H and O–H groups in total. The number of aromatic amines is 1. The zero-order chi connectivity index (χ0) is 25.2. The third-order valence-corrected chi connectivity index (χ3v) is 5.99. The van der Waals surface area contributed by atoms with Gasteiger partial charge in [0.2, 0.25) is 5.91 Å². The van der Waals surface area contributed by atoms with Crippen molar-refractivity contribution in [2.24, 2.45) is 5.92 Å². The minimum Gasteiger partial charge on any atom is -0.383 e. The van der Waals surface area contributed by atoms with E-state index in [1.54, 1.807) is 12.1 Å². The lowest BCUT2D eigenvalue weighted by atomic mass is 10.1. The molecule has 0 saturated carbocycles. The first-order chi connectivity index (χ1) is 16.1. The predicted molar refractivity (Wildman–Crippen MR) is 129 cm³/mol. The van der Waals surface area contributed by atoms with Gasteiger partial charge in [0.25, 0.3) is 17.4 Å². The van der Waals surface area contributed by atoms with E-state index < -0.39 is 35.0 Å². The van der Waals surface area contributed by atoms with Crippen LogP contribution in [0.25, 0.3) is 0 Å². The zero-order valence-corrected chi connectivity index (χ0v) is 20.0. The van der Waals surface area contributed by atoms with Crippen LogP contribution in [0.15, 0.2) is 33.9 Å². The number of aromatic nitrogens is 2. The number of benzene rings is 1. The molecular formula is C24H31N5O5. The van der Waals surface area contributed by atoms with Gasteiger partial charge in [-0.25, -0.2) is 4.79 Å². The summed E-state index contributed by atoms with van der Waals surface area (Å²) in [7, 11) is 0. The van der Waals surface area contributed by atoms with Crippen LogP contribution < -0.4 is 21.9 Å². The van der Waals surface area contributed by atoms with Crippen LogP contribution in [0, 0.1) is 5.92 Å². The van der Waals surface area contributed by atoms with Gasteiger partial charge in [-0.15, -0.1) is 0 Å². The van der Waals surface area contributed by atoms with E-state index in [0.29, 0.717) is 12.8 Å². The Morgan fingerprint density at radius 2 is 1.65 bits per heavy atom. The molecule has 2 aromatic rings. The third kappa shape index (κ3) is 4.52. The minimum absolute atomic E-state index is 0.117. The molecule has 0 spiro atoms. The maximum absolute atomic E-state index is 13.7. The summed E-state index contributed by atoms with van der Waals surface area (Å²) in [6, 6.07) is 5.18. The number of H-pyrrole nitrogens is 1. The third-order valence-electron chi connectivity index (χ3n) is 5.99. The number of imide groups is 1. The summed E-state index contributed by atoms with van der Waals surface area (Å²) in [5.74, 6) is -1.70. The molecule has 1 aliphatic heterocycles. The molecule has 1 aromatic carbocycles. The molecule has 0 radical (unpaired) electrons. The topological polar surface area (TPSA) is 139 Å². The molecule has 182 valence electrons. The Labute approximate surface area is 197 Å². The van der Waals surface area contributed by atoms with Gasteiger partial charge < -0.3 is 10.6 Å². The van der Waals surface area contributed by atoms with E-state index in [9.17, 15) is 24.0 Å². The molecule has 10 heteroatoms. The molecule has 1 aliphatic rings. The lowest BCUT2D eigenvalue weighted by molar-refractivity contribution is -0.122. The average molecular weight is 470 g/mol. The van der Waals surface area contributed by atoms with E-state index in [1.165, 1.54) is 28.5 Å². The molecule has 3 rings (SSSR count). The summed E-state index contributed by atoms with van der Waals surface area (Å²) >= 11 is 0. The Morgan fingerprint density at radius 1 is 1.06 bits per heavy atom. The fraction of sp³-hybridized carbons (Fsp3) is 0.458. The smallest absolute Gasteiger partial charge is 0.330 e. The molecule has 1 aromatic heterocycles. The van der Waals surface area contributed by atoms with Crippen LogP contribution in [0.5, 0.6) is 0 Å². The summed E-state index contributed by atoms with van der Waals surface area (Å²) in [4.78, 5) is 69.1. The van der Waals surface area contributed by atoms with E-state index in [-0.39, 0.29) is 41.6 Å². The van der Waals surface area contributed by atoms with Crippen molar-refractivity contribution < 1.29 is 14.4 Å². The molecule has 2 heterocycles. The van der Waals surface area contributed by atoms with Gasteiger partial charge in [0.05, 0.1) is 11.1 Å². The Bertz CT molecular complexity index is 1190. The standard InChI is InChI=1S/C24H31N5O5/c1-5-6-12-28-19(25)18(20(30)26-24(28)34)27(13-11-14(2)3)21(31)15(4)29-22(32)16-9-7-8-10-17(16)23(29)33/h7-10,14-15H,5-6,11-13,25H2,1-4H3,(H,26,30,34)/t15-/m1/s1. The van der Waals surface area contributed by atoms with Crippen molar-refractivity contribution in [3.63, 3.8) is 0 Å². The maximum Gasteiger partial charge on any atom is 0.330 e. The van der Waals surface area contributed by atoms with Crippen LogP contribution in [0.1, 0.15) is 67.7 Å². The number of amides is 3. The number of fused-ring (bicyclic) bond motifs is 1. The number of nitrogens with two attached hydrogens (primary N) is 1. The van der Waals surface area contributed by atoms with Gasteiger partial charge in [-0.05, 0) is 37.8 Å². The molecule has 34 heavy (non-hydrogen) atoms. The highest BCUT2D eigenvalue weighted by Gasteiger charge is 2.42. The number of carbonyl (C=O) groups excluding carboxylic acids is 3. The number of hydrogen-bond acceptors (Lipinski definition) is 6. The largest absolute Gasteiger partial charge is 0.383 e. The number of nitrogen functional groups attached to an aromatic ring is 1. The van der Waals surface area contributed by atoms with Crippen molar-refractivity contribution in [2.75, 3.05) is 17.2 Å². The molecule has 0 saturated heterocycles. The van der Waals surface area contributed by atoms with Crippen molar-refractivity contribution in [3.8, 4) is 0 Å². The number of carbonyl (C=O) groups is 3. The predicted octanol–water partition coefficient (Wildman–Crippen LogP) is 1.98. The number of rotatable bonds is 9.